The number of nitrogens with two attached hydrogens (primary N) is 1. The zero-order chi connectivity index (χ0) is 20.7. The second-order valence-corrected chi connectivity index (χ2v) is 7.09. The predicted molar refractivity (Wildman–Crippen MR) is 110 cm³/mol. The van der Waals surface area contributed by atoms with Crippen LogP contribution in [0.15, 0.2) is 9.59 Å². The van der Waals surface area contributed by atoms with E-state index >= 15 is 0 Å². The summed E-state index contributed by atoms with van der Waals surface area (Å²) in [5.41, 5.74) is 5.48. The van der Waals surface area contributed by atoms with E-state index in [9.17, 15) is 14.4 Å². The van der Waals surface area contributed by atoms with Gasteiger partial charge in [0, 0.05) is 25.7 Å². The largest absolute Gasteiger partial charge is 0.383 e. The summed E-state index contributed by atoms with van der Waals surface area (Å²) in [5, 5.41) is 2.88. The summed E-state index contributed by atoms with van der Waals surface area (Å²) in [5.74, 6) is -0.172. The van der Waals surface area contributed by atoms with Crippen molar-refractivity contribution in [3.05, 3.63) is 20.8 Å². The summed E-state index contributed by atoms with van der Waals surface area (Å²) in [4.78, 5) is 40.3. The van der Waals surface area contributed by atoms with Gasteiger partial charge in [0.15, 0.2) is 0 Å². The molecule has 0 aromatic carbocycles. The molecule has 0 saturated carbocycles. The van der Waals surface area contributed by atoms with E-state index in [2.05, 4.69) is 5.32 Å². The van der Waals surface area contributed by atoms with Crippen LogP contribution in [0, 0.1) is 0 Å². The molecule has 28 heavy (non-hydrogen) atoms. The van der Waals surface area contributed by atoms with Crippen molar-refractivity contribution in [2.24, 2.45) is 0 Å². The van der Waals surface area contributed by atoms with Gasteiger partial charge in [-0.1, -0.05) is 27.2 Å². The predicted octanol–water partition coefficient (Wildman–Crippen LogP) is 0.534. The third-order valence-electron chi connectivity index (χ3n) is 5.16. The average molecular weight is 396 g/mol. The van der Waals surface area contributed by atoms with Gasteiger partial charge in [-0.05, 0) is 19.3 Å². The molecule has 1 aliphatic heterocycles. The van der Waals surface area contributed by atoms with Crippen molar-refractivity contribution in [1.82, 2.24) is 14.5 Å². The van der Waals surface area contributed by atoms with Crippen molar-refractivity contribution in [2.45, 2.75) is 65.6 Å². The molecule has 158 valence electrons. The second kappa shape index (κ2) is 10.3. The average Bonchev–Trinajstić information content (AvgIpc) is 2.70. The number of ether oxygens (including phenoxy) is 1. The highest BCUT2D eigenvalue weighted by Crippen LogP contribution is 2.18. The molecule has 9 heteroatoms. The summed E-state index contributed by atoms with van der Waals surface area (Å²) in [6.07, 6.45) is 3.22. The molecule has 0 radical (unpaired) electrons. The van der Waals surface area contributed by atoms with Crippen molar-refractivity contribution < 1.29 is 9.53 Å². The van der Waals surface area contributed by atoms with Crippen molar-refractivity contribution in [2.75, 3.05) is 36.9 Å². The molecule has 1 aromatic rings. The number of carbonyl (C=O) groups is 1. The zero-order valence-electron chi connectivity index (χ0n) is 17.2. The van der Waals surface area contributed by atoms with Gasteiger partial charge in [0.05, 0.1) is 13.2 Å². The Balaban J connectivity index is 2.46. The first-order valence-electron chi connectivity index (χ1n) is 10.2. The van der Waals surface area contributed by atoms with E-state index in [1.165, 1.54) is 4.57 Å². The maximum atomic E-state index is 13.1. The molecule has 3 N–H and O–H groups in total. The Bertz CT molecular complexity index is 776. The molecule has 0 atom stereocenters. The van der Waals surface area contributed by atoms with Gasteiger partial charge in [0.25, 0.3) is 5.56 Å². The molecule has 1 amide bonds. The summed E-state index contributed by atoms with van der Waals surface area (Å²) < 4.78 is 7.78. The van der Waals surface area contributed by atoms with E-state index in [0.29, 0.717) is 32.8 Å². The van der Waals surface area contributed by atoms with Crippen LogP contribution in [0.2, 0.25) is 0 Å². The SMILES string of the molecule is CCCCn1c(N)c(N2CCOCC2)c(=O)n(CC(=O)NC(CC)CC)c1=O. The second-order valence-electron chi connectivity index (χ2n) is 7.09. The minimum absolute atomic E-state index is 0.0259. The molecule has 1 aromatic heterocycles. The van der Waals surface area contributed by atoms with Gasteiger partial charge >= 0.3 is 5.69 Å². The normalized spacial score (nSPS) is 14.5. The maximum absolute atomic E-state index is 13.1. The first kappa shape index (κ1) is 22.0. The number of morpholine rings is 1. The molecular weight excluding hydrogens is 362 g/mol. The number of rotatable bonds is 9. The topological polar surface area (TPSA) is 112 Å². The van der Waals surface area contributed by atoms with Crippen LogP contribution in [0.5, 0.6) is 0 Å². The Kier molecular flexibility index (Phi) is 8.10. The molecule has 1 fully saturated rings. The fourth-order valence-corrected chi connectivity index (χ4v) is 3.37. The number of unbranched alkanes of at least 4 members (excludes halogenated alkanes) is 1. The van der Waals surface area contributed by atoms with Gasteiger partial charge in [-0.15, -0.1) is 0 Å². The number of anilines is 2. The van der Waals surface area contributed by atoms with E-state index in [1.54, 1.807) is 0 Å². The quantitative estimate of drug-likeness (QED) is 0.631. The van der Waals surface area contributed by atoms with E-state index in [0.717, 1.165) is 30.3 Å². The lowest BCUT2D eigenvalue weighted by molar-refractivity contribution is -0.122. The molecule has 2 heterocycles. The summed E-state index contributed by atoms with van der Waals surface area (Å²) in [7, 11) is 0. The van der Waals surface area contributed by atoms with E-state index in [1.807, 2.05) is 25.7 Å². The molecule has 9 nitrogen and oxygen atoms in total. The molecule has 0 spiro atoms. The molecule has 0 bridgehead atoms. The molecule has 1 aliphatic rings. The fraction of sp³-hybridized carbons (Fsp3) is 0.737. The van der Waals surface area contributed by atoms with Crippen LogP contribution in [0.3, 0.4) is 0 Å². The molecule has 2 rings (SSSR count). The van der Waals surface area contributed by atoms with Crippen LogP contribution in [0.25, 0.3) is 0 Å². The van der Waals surface area contributed by atoms with Crippen LogP contribution >= 0.6 is 0 Å². The van der Waals surface area contributed by atoms with Gasteiger partial charge in [-0.3, -0.25) is 14.2 Å². The molecular formula is C19H33N5O4. The Morgan fingerprint density at radius 2 is 1.79 bits per heavy atom. The van der Waals surface area contributed by atoms with Gasteiger partial charge in [-0.25, -0.2) is 9.36 Å². The highest BCUT2D eigenvalue weighted by atomic mass is 16.5. The number of nitrogens with one attached hydrogen (secondary N) is 1. The van der Waals surface area contributed by atoms with Crippen LogP contribution < -0.4 is 27.2 Å². The monoisotopic (exact) mass is 395 g/mol. The lowest BCUT2D eigenvalue weighted by Gasteiger charge is -2.30. The smallest absolute Gasteiger partial charge is 0.333 e. The third-order valence-corrected chi connectivity index (χ3v) is 5.16. The molecule has 1 saturated heterocycles. The minimum atomic E-state index is -0.535. The summed E-state index contributed by atoms with van der Waals surface area (Å²) in [6, 6.07) is 0.0259. The molecule has 0 aliphatic carbocycles. The Morgan fingerprint density at radius 1 is 1.14 bits per heavy atom. The number of hydrogen-bond acceptors (Lipinski definition) is 6. The number of carbonyl (C=O) groups excluding carboxylic acids is 1. The van der Waals surface area contributed by atoms with E-state index in [4.69, 9.17) is 10.5 Å². The maximum Gasteiger partial charge on any atom is 0.333 e. The minimum Gasteiger partial charge on any atom is -0.383 e. The van der Waals surface area contributed by atoms with Crippen molar-refractivity contribution in [3.8, 4) is 0 Å². The van der Waals surface area contributed by atoms with Crippen LogP contribution in [-0.2, 0) is 22.6 Å². The fourth-order valence-electron chi connectivity index (χ4n) is 3.37. The zero-order valence-corrected chi connectivity index (χ0v) is 17.2. The Morgan fingerprint density at radius 3 is 2.36 bits per heavy atom. The van der Waals surface area contributed by atoms with Crippen LogP contribution in [0.4, 0.5) is 11.5 Å². The van der Waals surface area contributed by atoms with E-state index in [-0.39, 0.29) is 30.0 Å². The first-order chi connectivity index (χ1) is 13.4. The Hall–Kier alpha value is -2.29. The standard InChI is InChI=1S/C19H33N5O4/c1-4-7-8-23-17(20)16(22-9-11-28-12-10-22)18(26)24(19(23)27)13-15(25)21-14(5-2)6-3/h14H,4-13,20H2,1-3H3,(H,21,25). The highest BCUT2D eigenvalue weighted by molar-refractivity contribution is 5.76. The lowest BCUT2D eigenvalue weighted by Crippen LogP contribution is -2.49. The number of nitrogens with zero attached hydrogens (tertiary/aromatic N) is 3. The Labute approximate surface area is 165 Å². The number of aromatic nitrogens is 2. The van der Waals surface area contributed by atoms with Crippen molar-refractivity contribution >= 4 is 17.4 Å². The van der Waals surface area contributed by atoms with E-state index < -0.39 is 11.2 Å². The van der Waals surface area contributed by atoms with Crippen LogP contribution in [-0.4, -0.2) is 47.4 Å². The van der Waals surface area contributed by atoms with Gasteiger partial charge < -0.3 is 20.7 Å². The van der Waals surface area contributed by atoms with Crippen LogP contribution in [0.1, 0.15) is 46.5 Å². The summed E-state index contributed by atoms with van der Waals surface area (Å²) >= 11 is 0. The molecule has 0 unspecified atom stereocenters. The number of hydrogen-bond donors (Lipinski definition) is 2. The van der Waals surface area contributed by atoms with Crippen molar-refractivity contribution in [3.63, 3.8) is 0 Å². The third kappa shape index (κ3) is 4.95. The van der Waals surface area contributed by atoms with Gasteiger partial charge in [0.1, 0.15) is 18.1 Å². The first-order valence-corrected chi connectivity index (χ1v) is 10.2. The number of amides is 1. The number of nitrogen functional groups attached to an aromatic ring is 1. The van der Waals surface area contributed by atoms with Gasteiger partial charge in [-0.2, -0.15) is 0 Å². The van der Waals surface area contributed by atoms with Gasteiger partial charge in [0.2, 0.25) is 5.91 Å². The summed E-state index contributed by atoms with van der Waals surface area (Å²) in [6.45, 7) is 8.10. The van der Waals surface area contributed by atoms with Crippen molar-refractivity contribution in [1.29, 1.82) is 0 Å². The highest BCUT2D eigenvalue weighted by Gasteiger charge is 2.24. The lowest BCUT2D eigenvalue weighted by atomic mass is 10.2.